The summed E-state index contributed by atoms with van der Waals surface area (Å²) in [5.41, 5.74) is 3.34. The highest BCUT2D eigenvalue weighted by Gasteiger charge is 2.54. The molecule has 3 atom stereocenters. The van der Waals surface area contributed by atoms with Crippen LogP contribution in [0, 0.1) is 0 Å². The van der Waals surface area contributed by atoms with Crippen LogP contribution in [0.15, 0.2) is 173 Å². The fourth-order valence-corrected chi connectivity index (χ4v) is 10.2. The summed E-state index contributed by atoms with van der Waals surface area (Å²) in [6.07, 6.45) is -1.87. The number of alkyl halides is 1. The van der Waals surface area contributed by atoms with Crippen molar-refractivity contribution in [3.63, 3.8) is 0 Å². The molecule has 1 aromatic heterocycles. The van der Waals surface area contributed by atoms with Crippen molar-refractivity contribution in [1.82, 2.24) is 15.2 Å². The maximum atomic E-state index is 14.5. The van der Waals surface area contributed by atoms with Crippen LogP contribution in [0.2, 0.25) is 0 Å². The van der Waals surface area contributed by atoms with Crippen LogP contribution < -0.4 is 10.6 Å². The Hall–Kier alpha value is -6.74. The normalized spacial score (nSPS) is 16.6. The number of hydrogen-bond donors (Lipinski definition) is 3. The molecule has 324 valence electrons. The number of fused-ring (bicyclic) bond motifs is 1. The first-order valence-corrected chi connectivity index (χ1v) is 22.9. The second-order valence-corrected chi connectivity index (χ2v) is 17.1. The molecular weight excluding hydrogens is 870 g/mol. The molecule has 6 aromatic rings. The molecule has 8 rings (SSSR count). The Morgan fingerprint density at radius 3 is 1.84 bits per heavy atom. The Balaban J connectivity index is 1.14. The van der Waals surface area contributed by atoms with Gasteiger partial charge in [0.25, 0.3) is 11.8 Å². The number of β-lactam (4-membered cyclic amide) rings is 1. The Bertz CT molecular complexity index is 2530. The largest absolute Gasteiger partial charge is 0.477 e. The summed E-state index contributed by atoms with van der Waals surface area (Å²) in [6, 6.07) is 47.4. The lowest BCUT2D eigenvalue weighted by atomic mass is 9.77. The van der Waals surface area contributed by atoms with E-state index in [2.05, 4.69) is 15.8 Å². The highest BCUT2D eigenvalue weighted by Crippen LogP contribution is 2.42. The number of carbonyl (C=O) groups is 4. The number of aromatic nitrogens is 1. The number of carbonyl (C=O) groups excluding carboxylic acids is 3. The number of carboxylic acid groups (broad SMARTS) is 1. The summed E-state index contributed by atoms with van der Waals surface area (Å²) in [7, 11) is 0. The number of oxime groups is 1. The fourth-order valence-electron chi connectivity index (χ4n) is 7.76. The lowest BCUT2D eigenvalue weighted by Crippen LogP contribution is -2.71. The van der Waals surface area contributed by atoms with Gasteiger partial charge in [0, 0.05) is 17.0 Å². The summed E-state index contributed by atoms with van der Waals surface area (Å²) in [5, 5.41) is 22.1. The average Bonchev–Trinajstić information content (AvgIpc) is 3.81. The second kappa shape index (κ2) is 19.8. The minimum atomic E-state index is -1.28. The van der Waals surface area contributed by atoms with Crippen molar-refractivity contribution in [2.45, 2.75) is 42.5 Å². The van der Waals surface area contributed by atoms with E-state index in [1.165, 1.54) is 23.1 Å². The van der Waals surface area contributed by atoms with Crippen molar-refractivity contribution in [1.29, 1.82) is 0 Å². The first-order valence-electron chi connectivity index (χ1n) is 20.4. The van der Waals surface area contributed by atoms with Crippen LogP contribution in [0.4, 0.5) is 5.13 Å². The van der Waals surface area contributed by atoms with Crippen LogP contribution in [0.3, 0.4) is 0 Å². The molecular formula is C49H42ClN5O7S2. The van der Waals surface area contributed by atoms with Crippen molar-refractivity contribution in [2.24, 2.45) is 5.16 Å². The van der Waals surface area contributed by atoms with Crippen LogP contribution >= 0.6 is 34.7 Å². The van der Waals surface area contributed by atoms with Gasteiger partial charge in [0.05, 0.1) is 0 Å². The minimum absolute atomic E-state index is 0.0604. The lowest BCUT2D eigenvalue weighted by molar-refractivity contribution is -0.161. The van der Waals surface area contributed by atoms with Crippen molar-refractivity contribution in [3.05, 3.63) is 202 Å². The maximum absolute atomic E-state index is 14.5. The second-order valence-electron chi connectivity index (χ2n) is 14.8. The van der Waals surface area contributed by atoms with Crippen molar-refractivity contribution in [3.8, 4) is 0 Å². The summed E-state index contributed by atoms with van der Waals surface area (Å²) in [4.78, 5) is 66.1. The van der Waals surface area contributed by atoms with Crippen molar-refractivity contribution >= 4 is 69.3 Å². The molecule has 5 aromatic carbocycles. The monoisotopic (exact) mass is 911 g/mol. The first kappa shape index (κ1) is 43.9. The number of ether oxygens (including phenoxy) is 1. The molecule has 1 saturated heterocycles. The van der Waals surface area contributed by atoms with Gasteiger partial charge in [-0.3, -0.25) is 14.5 Å². The number of anilines is 1. The van der Waals surface area contributed by atoms with E-state index in [1.54, 1.807) is 12.3 Å². The van der Waals surface area contributed by atoms with Gasteiger partial charge in [-0.15, -0.1) is 34.7 Å². The minimum Gasteiger partial charge on any atom is -0.477 e. The molecule has 2 amide bonds. The third-order valence-corrected chi connectivity index (χ3v) is 13.3. The first-order chi connectivity index (χ1) is 31.2. The smallest absolute Gasteiger partial charge is 0.352 e. The Kier molecular flexibility index (Phi) is 13.5. The molecule has 2 unspecified atom stereocenters. The van der Waals surface area contributed by atoms with E-state index in [0.29, 0.717) is 10.7 Å². The van der Waals surface area contributed by atoms with E-state index < -0.39 is 52.9 Å². The highest BCUT2D eigenvalue weighted by atomic mass is 35.5. The zero-order chi connectivity index (χ0) is 44.6. The van der Waals surface area contributed by atoms with Gasteiger partial charge < -0.3 is 25.3 Å². The molecule has 0 radical (unpaired) electrons. The third-order valence-electron chi connectivity index (χ3n) is 10.9. The molecule has 0 aliphatic carbocycles. The number of thiazole rings is 1. The van der Waals surface area contributed by atoms with Crippen LogP contribution in [-0.4, -0.2) is 73.6 Å². The lowest BCUT2D eigenvalue weighted by Gasteiger charge is -2.49. The number of carboxylic acids is 1. The van der Waals surface area contributed by atoms with Crippen molar-refractivity contribution in [2.75, 3.05) is 16.9 Å². The molecule has 2 aliphatic heterocycles. The van der Waals surface area contributed by atoms with Gasteiger partial charge in [-0.05, 0) is 39.8 Å². The van der Waals surface area contributed by atoms with E-state index in [-0.39, 0.29) is 35.2 Å². The Labute approximate surface area is 383 Å². The van der Waals surface area contributed by atoms with E-state index in [9.17, 15) is 24.3 Å². The average molecular weight is 912 g/mol. The number of amides is 2. The predicted molar refractivity (Wildman–Crippen MR) is 248 cm³/mol. The van der Waals surface area contributed by atoms with Gasteiger partial charge in [-0.2, -0.15) is 0 Å². The van der Waals surface area contributed by atoms with Gasteiger partial charge in [0.15, 0.2) is 16.9 Å². The van der Waals surface area contributed by atoms with E-state index in [0.717, 1.165) is 32.7 Å². The van der Waals surface area contributed by atoms with Gasteiger partial charge in [0.1, 0.15) is 28.3 Å². The fraction of sp³-hybridized carbons (Fsp3) is 0.184. The highest BCUT2D eigenvalue weighted by molar-refractivity contribution is 8.00. The molecule has 2 aliphatic rings. The number of thioether (sulfide) groups is 1. The van der Waals surface area contributed by atoms with E-state index >= 15 is 0 Å². The number of benzene rings is 5. The topological polar surface area (TPSA) is 160 Å². The summed E-state index contributed by atoms with van der Waals surface area (Å²) < 4.78 is 6.10. The molecule has 0 saturated carbocycles. The number of rotatable bonds is 17. The molecule has 0 bridgehead atoms. The number of hydrogen-bond acceptors (Lipinski definition) is 11. The number of esters is 1. The zero-order valence-corrected chi connectivity index (χ0v) is 36.8. The molecule has 64 heavy (non-hydrogen) atoms. The SMILES string of the molecule is CCC(ON=C(C(=O)NC1C(=O)N2C(C(=O)O)=C(CCl)CS[C@@H]12)c1csc(NC(c2ccccc2)(c2ccccc2)c2ccccc2)n1)C(=O)OC(c1ccccc1)c1ccccc1. The third kappa shape index (κ3) is 8.89. The molecule has 3 heterocycles. The van der Waals surface area contributed by atoms with Crippen LogP contribution in [0.1, 0.15) is 53.0 Å². The molecule has 12 nitrogen and oxygen atoms in total. The predicted octanol–water partition coefficient (Wildman–Crippen LogP) is 8.36. The van der Waals surface area contributed by atoms with Crippen LogP contribution in [0.5, 0.6) is 0 Å². The van der Waals surface area contributed by atoms with Gasteiger partial charge in [-0.25, -0.2) is 14.6 Å². The number of halogens is 1. The van der Waals surface area contributed by atoms with Gasteiger partial charge in [0.2, 0.25) is 6.10 Å². The van der Waals surface area contributed by atoms with Crippen LogP contribution in [0.25, 0.3) is 0 Å². The molecule has 3 N–H and O–H groups in total. The maximum Gasteiger partial charge on any atom is 0.352 e. The zero-order valence-electron chi connectivity index (χ0n) is 34.4. The number of nitrogens with zero attached hydrogens (tertiary/aromatic N) is 3. The Morgan fingerprint density at radius 2 is 1.36 bits per heavy atom. The van der Waals surface area contributed by atoms with E-state index in [4.69, 9.17) is 26.2 Å². The van der Waals surface area contributed by atoms with Crippen molar-refractivity contribution < 1.29 is 33.9 Å². The quantitative estimate of drug-likeness (QED) is 0.0203. The Morgan fingerprint density at radius 1 is 0.844 bits per heavy atom. The standard InChI is InChI=1S/C49H42ClN5O7S2/c1-2-38(47(60)61-42(31-18-8-3-9-19-31)32-20-10-4-11-21-32)62-54-39(43(56)52-40-44(57)55-41(46(58)59)33(28-50)29-63-45(40)55)37-30-64-48(51-37)53-49(34-22-12-5-13-23-34,35-24-14-6-15-25-35)36-26-16-7-17-27-36/h3-27,30,38,40,42,45H,2,28-29H2,1H3,(H,51,53)(H,52,56)(H,58,59)/t38?,40?,45-/m0/s1. The van der Waals surface area contributed by atoms with Gasteiger partial charge in [-0.1, -0.05) is 164 Å². The molecule has 15 heteroatoms. The van der Waals surface area contributed by atoms with Crippen LogP contribution in [-0.2, 0) is 34.3 Å². The summed E-state index contributed by atoms with van der Waals surface area (Å²) >= 11 is 8.56. The number of aliphatic carboxylic acids is 1. The molecule has 0 spiro atoms. The van der Waals surface area contributed by atoms with E-state index in [1.807, 2.05) is 152 Å². The summed E-state index contributed by atoms with van der Waals surface area (Å²) in [6.45, 7) is 1.73. The summed E-state index contributed by atoms with van der Waals surface area (Å²) in [5.74, 6) is -3.24. The number of nitrogens with one attached hydrogen (secondary N) is 2. The molecule has 1 fully saturated rings. The van der Waals surface area contributed by atoms with Gasteiger partial charge >= 0.3 is 11.9 Å².